The molecule has 0 bridgehead atoms. The van der Waals surface area contributed by atoms with Gasteiger partial charge in [0.05, 0.1) is 13.2 Å². The minimum atomic E-state index is 0.113. The second-order valence-corrected chi connectivity index (χ2v) is 5.59. The maximum Gasteiger partial charge on any atom is 0.223 e. The Balaban J connectivity index is 1.76. The molecular formula is C16H27N5O2. The van der Waals surface area contributed by atoms with Crippen LogP contribution < -0.4 is 15.5 Å². The number of nitrogens with zero attached hydrogens (tertiary/aromatic N) is 3. The number of morpholine rings is 1. The number of aromatic nitrogens is 2. The fourth-order valence-electron chi connectivity index (χ4n) is 2.59. The topological polar surface area (TPSA) is 79.4 Å². The summed E-state index contributed by atoms with van der Waals surface area (Å²) < 4.78 is 5.35. The van der Waals surface area contributed by atoms with Crippen LogP contribution in [0.3, 0.4) is 0 Å². The van der Waals surface area contributed by atoms with Gasteiger partial charge in [0.2, 0.25) is 5.91 Å². The second kappa shape index (κ2) is 9.29. The summed E-state index contributed by atoms with van der Waals surface area (Å²) in [4.78, 5) is 22.6. The van der Waals surface area contributed by atoms with E-state index in [2.05, 4.69) is 25.5 Å². The van der Waals surface area contributed by atoms with Crippen molar-refractivity contribution in [2.75, 3.05) is 49.6 Å². The number of hydrogen-bond donors (Lipinski definition) is 2. The van der Waals surface area contributed by atoms with Gasteiger partial charge in [-0.3, -0.25) is 4.79 Å². The first kappa shape index (κ1) is 17.5. The van der Waals surface area contributed by atoms with Crippen LogP contribution in [0, 0.1) is 5.92 Å². The maximum atomic E-state index is 11.9. The molecule has 2 heterocycles. The van der Waals surface area contributed by atoms with Crippen LogP contribution in [0.5, 0.6) is 0 Å². The Morgan fingerprint density at radius 1 is 1.26 bits per heavy atom. The van der Waals surface area contributed by atoms with Crippen molar-refractivity contribution < 1.29 is 9.53 Å². The van der Waals surface area contributed by atoms with Gasteiger partial charge in [0.25, 0.3) is 0 Å². The molecule has 0 aromatic carbocycles. The van der Waals surface area contributed by atoms with E-state index in [-0.39, 0.29) is 11.8 Å². The van der Waals surface area contributed by atoms with Gasteiger partial charge in [-0.15, -0.1) is 0 Å². The highest BCUT2D eigenvalue weighted by Crippen LogP contribution is 2.15. The van der Waals surface area contributed by atoms with Crippen molar-refractivity contribution in [1.29, 1.82) is 0 Å². The predicted octanol–water partition coefficient (Wildman–Crippen LogP) is 1.28. The number of hydrogen-bond acceptors (Lipinski definition) is 6. The van der Waals surface area contributed by atoms with E-state index in [1.54, 1.807) is 6.33 Å². The van der Waals surface area contributed by atoms with Gasteiger partial charge in [-0.25, -0.2) is 9.97 Å². The molecular weight excluding hydrogens is 294 g/mol. The number of anilines is 2. The molecule has 1 aromatic rings. The zero-order valence-electron chi connectivity index (χ0n) is 14.0. The fourth-order valence-corrected chi connectivity index (χ4v) is 2.59. The minimum Gasteiger partial charge on any atom is -0.378 e. The molecule has 1 aliphatic rings. The Labute approximate surface area is 137 Å². The number of carbonyl (C=O) groups excluding carboxylic acids is 1. The summed E-state index contributed by atoms with van der Waals surface area (Å²) in [6.45, 7) is 8.48. The van der Waals surface area contributed by atoms with Gasteiger partial charge in [-0.2, -0.15) is 0 Å². The van der Waals surface area contributed by atoms with Crippen LogP contribution in [0.2, 0.25) is 0 Å². The lowest BCUT2D eigenvalue weighted by Gasteiger charge is -2.27. The Morgan fingerprint density at radius 3 is 2.70 bits per heavy atom. The van der Waals surface area contributed by atoms with Gasteiger partial charge in [0.15, 0.2) is 0 Å². The van der Waals surface area contributed by atoms with Crippen LogP contribution in [-0.4, -0.2) is 55.3 Å². The van der Waals surface area contributed by atoms with Crippen LogP contribution in [0.25, 0.3) is 0 Å². The number of amides is 1. The molecule has 0 radical (unpaired) electrons. The highest BCUT2D eigenvalue weighted by molar-refractivity contribution is 5.78. The molecule has 0 spiro atoms. The molecule has 7 nitrogen and oxygen atoms in total. The lowest BCUT2D eigenvalue weighted by atomic mass is 10.0. The largest absolute Gasteiger partial charge is 0.378 e. The van der Waals surface area contributed by atoms with E-state index in [4.69, 9.17) is 4.74 Å². The van der Waals surface area contributed by atoms with Crippen LogP contribution in [-0.2, 0) is 9.53 Å². The molecule has 1 aromatic heterocycles. The van der Waals surface area contributed by atoms with Gasteiger partial charge < -0.3 is 20.3 Å². The first-order valence-electron chi connectivity index (χ1n) is 8.40. The van der Waals surface area contributed by atoms with Crippen molar-refractivity contribution >= 4 is 17.5 Å². The Morgan fingerprint density at radius 2 is 2.00 bits per heavy atom. The average molecular weight is 321 g/mol. The summed E-state index contributed by atoms with van der Waals surface area (Å²) in [7, 11) is 0. The Kier molecular flexibility index (Phi) is 7.06. The van der Waals surface area contributed by atoms with Crippen LogP contribution >= 0.6 is 0 Å². The smallest absolute Gasteiger partial charge is 0.223 e. The lowest BCUT2D eigenvalue weighted by molar-refractivity contribution is -0.125. The van der Waals surface area contributed by atoms with Gasteiger partial charge in [-0.05, 0) is 12.8 Å². The van der Waals surface area contributed by atoms with Gasteiger partial charge in [0.1, 0.15) is 18.0 Å². The third kappa shape index (κ3) is 5.35. The molecule has 0 atom stereocenters. The second-order valence-electron chi connectivity index (χ2n) is 5.59. The monoisotopic (exact) mass is 321 g/mol. The molecule has 23 heavy (non-hydrogen) atoms. The standard InChI is InChI=1S/C16H27N5O2/c1-3-13(4-2)16(22)18-6-5-17-14-11-15(20-12-19-14)21-7-9-23-10-8-21/h11-13H,3-10H2,1-2H3,(H,18,22)(H,17,19,20). The number of carbonyl (C=O) groups is 1. The van der Waals surface area contributed by atoms with E-state index in [9.17, 15) is 4.79 Å². The molecule has 1 aliphatic heterocycles. The fraction of sp³-hybridized carbons (Fsp3) is 0.688. The lowest BCUT2D eigenvalue weighted by Crippen LogP contribution is -2.36. The molecule has 0 saturated carbocycles. The van der Waals surface area contributed by atoms with Crippen LogP contribution in [0.4, 0.5) is 11.6 Å². The van der Waals surface area contributed by atoms with Gasteiger partial charge in [-0.1, -0.05) is 13.8 Å². The normalized spacial score (nSPS) is 14.8. The van der Waals surface area contributed by atoms with E-state index in [1.165, 1.54) is 0 Å². The highest BCUT2D eigenvalue weighted by atomic mass is 16.5. The zero-order chi connectivity index (χ0) is 16.5. The summed E-state index contributed by atoms with van der Waals surface area (Å²) in [6.07, 6.45) is 3.32. The van der Waals surface area contributed by atoms with Crippen molar-refractivity contribution in [2.24, 2.45) is 5.92 Å². The molecule has 128 valence electrons. The summed E-state index contributed by atoms with van der Waals surface area (Å²) in [6, 6.07) is 1.94. The molecule has 2 N–H and O–H groups in total. The Bertz CT molecular complexity index is 487. The number of nitrogens with one attached hydrogen (secondary N) is 2. The zero-order valence-corrected chi connectivity index (χ0v) is 14.0. The SMILES string of the molecule is CCC(CC)C(=O)NCCNc1cc(N2CCOCC2)ncn1. The highest BCUT2D eigenvalue weighted by Gasteiger charge is 2.14. The van der Waals surface area contributed by atoms with Crippen molar-refractivity contribution in [2.45, 2.75) is 26.7 Å². The quantitative estimate of drug-likeness (QED) is 0.702. The van der Waals surface area contributed by atoms with Crippen molar-refractivity contribution in [3.63, 3.8) is 0 Å². The molecule has 1 saturated heterocycles. The van der Waals surface area contributed by atoms with E-state index < -0.39 is 0 Å². The maximum absolute atomic E-state index is 11.9. The summed E-state index contributed by atoms with van der Waals surface area (Å²) >= 11 is 0. The molecule has 1 amide bonds. The van der Waals surface area contributed by atoms with E-state index in [1.807, 2.05) is 19.9 Å². The predicted molar refractivity (Wildman–Crippen MR) is 90.6 cm³/mol. The van der Waals surface area contributed by atoms with E-state index in [0.29, 0.717) is 13.1 Å². The third-order valence-corrected chi connectivity index (χ3v) is 4.07. The minimum absolute atomic E-state index is 0.113. The number of ether oxygens (including phenoxy) is 1. The molecule has 7 heteroatoms. The van der Waals surface area contributed by atoms with Gasteiger partial charge in [0, 0.05) is 38.2 Å². The first-order valence-corrected chi connectivity index (χ1v) is 8.40. The van der Waals surface area contributed by atoms with E-state index in [0.717, 1.165) is 50.8 Å². The first-order chi connectivity index (χ1) is 11.2. The van der Waals surface area contributed by atoms with Crippen LogP contribution in [0.15, 0.2) is 12.4 Å². The molecule has 2 rings (SSSR count). The van der Waals surface area contributed by atoms with Crippen LogP contribution in [0.1, 0.15) is 26.7 Å². The molecule has 0 unspecified atom stereocenters. The molecule has 0 aliphatic carbocycles. The van der Waals surface area contributed by atoms with Crippen molar-refractivity contribution in [1.82, 2.24) is 15.3 Å². The number of rotatable bonds is 8. The average Bonchev–Trinajstić information content (AvgIpc) is 2.61. The van der Waals surface area contributed by atoms with Gasteiger partial charge >= 0.3 is 0 Å². The third-order valence-electron chi connectivity index (χ3n) is 4.07. The summed E-state index contributed by atoms with van der Waals surface area (Å²) in [5, 5.41) is 6.19. The summed E-state index contributed by atoms with van der Waals surface area (Å²) in [5.74, 6) is 1.93. The van der Waals surface area contributed by atoms with E-state index >= 15 is 0 Å². The Hall–Kier alpha value is -1.89. The van der Waals surface area contributed by atoms with Crippen molar-refractivity contribution in [3.8, 4) is 0 Å². The summed E-state index contributed by atoms with van der Waals surface area (Å²) in [5.41, 5.74) is 0. The van der Waals surface area contributed by atoms with Crippen molar-refractivity contribution in [3.05, 3.63) is 12.4 Å². The molecule has 1 fully saturated rings.